The summed E-state index contributed by atoms with van der Waals surface area (Å²) in [5.74, 6) is 0. The third kappa shape index (κ3) is 4.83. The van der Waals surface area contributed by atoms with Gasteiger partial charge >= 0.3 is 0 Å². The number of halogens is 1. The minimum atomic E-state index is -0.208. The zero-order valence-corrected chi connectivity index (χ0v) is 17.8. The van der Waals surface area contributed by atoms with Crippen molar-refractivity contribution in [3.8, 4) is 0 Å². The van der Waals surface area contributed by atoms with Gasteiger partial charge < -0.3 is 10.0 Å². The number of benzene rings is 2. The fourth-order valence-electron chi connectivity index (χ4n) is 4.33. The number of hydrogen-bond acceptors (Lipinski definition) is 4. The van der Waals surface area contributed by atoms with Gasteiger partial charge in [-0.3, -0.25) is 9.80 Å². The maximum absolute atomic E-state index is 10.6. The van der Waals surface area contributed by atoms with E-state index in [1.807, 2.05) is 0 Å². The summed E-state index contributed by atoms with van der Waals surface area (Å²) in [5, 5.41) is 10.6. The summed E-state index contributed by atoms with van der Waals surface area (Å²) >= 11 is 2.38. The Kier molecular flexibility index (Phi) is 6.32. The number of aliphatic hydroxyl groups excluding tert-OH is 1. The average Bonchev–Trinajstić information content (AvgIpc) is 2.70. The summed E-state index contributed by atoms with van der Waals surface area (Å²) in [4.78, 5) is 7.47. The van der Waals surface area contributed by atoms with E-state index in [9.17, 15) is 5.11 Å². The molecule has 0 saturated carbocycles. The molecule has 0 aromatic heterocycles. The molecule has 4 nitrogen and oxygen atoms in total. The lowest BCUT2D eigenvalue weighted by Gasteiger charge is -2.46. The highest BCUT2D eigenvalue weighted by Crippen LogP contribution is 2.22. The zero-order chi connectivity index (χ0) is 18.6. The Labute approximate surface area is 175 Å². The Morgan fingerprint density at radius 1 is 0.926 bits per heavy atom. The minimum Gasteiger partial charge on any atom is -0.391 e. The number of rotatable bonds is 4. The molecule has 2 saturated heterocycles. The van der Waals surface area contributed by atoms with Gasteiger partial charge in [0.15, 0.2) is 0 Å². The van der Waals surface area contributed by atoms with Crippen LogP contribution >= 0.6 is 22.6 Å². The van der Waals surface area contributed by atoms with E-state index in [1.165, 1.54) is 14.8 Å². The van der Waals surface area contributed by atoms with Crippen LogP contribution < -0.4 is 4.90 Å². The normalized spacial score (nSPS) is 24.9. The Morgan fingerprint density at radius 3 is 2.44 bits per heavy atom. The molecule has 2 atom stereocenters. The van der Waals surface area contributed by atoms with Crippen molar-refractivity contribution in [3.05, 3.63) is 63.7 Å². The first-order chi connectivity index (χ1) is 13.2. The topological polar surface area (TPSA) is 30.0 Å². The first-order valence-electron chi connectivity index (χ1n) is 9.88. The Balaban J connectivity index is 1.35. The van der Waals surface area contributed by atoms with E-state index in [-0.39, 0.29) is 12.1 Å². The monoisotopic (exact) mass is 475 g/mol. The third-order valence-electron chi connectivity index (χ3n) is 5.83. The lowest BCUT2D eigenvalue weighted by atomic mass is 9.99. The Bertz CT molecular complexity index is 733. The zero-order valence-electron chi connectivity index (χ0n) is 15.7. The third-order valence-corrected chi connectivity index (χ3v) is 6.50. The van der Waals surface area contributed by atoms with Crippen LogP contribution in [0.4, 0.5) is 5.69 Å². The van der Waals surface area contributed by atoms with Gasteiger partial charge in [-0.25, -0.2) is 0 Å². The first-order valence-corrected chi connectivity index (χ1v) is 11.0. The summed E-state index contributed by atoms with van der Waals surface area (Å²) in [5.41, 5.74) is 2.67. The van der Waals surface area contributed by atoms with Gasteiger partial charge in [0, 0.05) is 61.1 Å². The highest BCUT2D eigenvalue weighted by molar-refractivity contribution is 14.1. The number of nitrogens with zero attached hydrogens (tertiary/aromatic N) is 3. The van der Waals surface area contributed by atoms with Crippen LogP contribution in [-0.4, -0.2) is 66.3 Å². The van der Waals surface area contributed by atoms with Crippen molar-refractivity contribution in [3.63, 3.8) is 0 Å². The molecule has 2 heterocycles. The summed E-state index contributed by atoms with van der Waals surface area (Å²) in [6.45, 7) is 7.02. The molecule has 2 aromatic carbocycles. The van der Waals surface area contributed by atoms with E-state index in [1.54, 1.807) is 0 Å². The highest BCUT2D eigenvalue weighted by atomic mass is 125. The number of piperidine rings is 1. The molecular formula is C22H28IN3O. The molecule has 144 valence electrons. The van der Waals surface area contributed by atoms with Gasteiger partial charge in [-0.05, 0) is 58.8 Å². The molecule has 2 aliphatic heterocycles. The first kappa shape index (κ1) is 19.2. The lowest BCUT2D eigenvalue weighted by molar-refractivity contribution is -0.0158. The van der Waals surface area contributed by atoms with Crippen LogP contribution in [0.2, 0.25) is 0 Å². The van der Waals surface area contributed by atoms with Crippen LogP contribution in [0, 0.1) is 3.57 Å². The SMILES string of the molecule is O[C@@H]1CCN(Cc2cccc([125I])c2)C[C@H]1N1CCN(c2ccccc2)CC1. The second-order valence-electron chi connectivity index (χ2n) is 7.65. The molecule has 0 aliphatic carbocycles. The molecule has 2 aliphatic rings. The van der Waals surface area contributed by atoms with Crippen LogP contribution in [-0.2, 0) is 6.54 Å². The fraction of sp³-hybridized carbons (Fsp3) is 0.455. The molecule has 0 amide bonds. The maximum atomic E-state index is 10.6. The Morgan fingerprint density at radius 2 is 1.70 bits per heavy atom. The van der Waals surface area contributed by atoms with Gasteiger partial charge in [0.05, 0.1) is 6.10 Å². The van der Waals surface area contributed by atoms with Crippen molar-refractivity contribution in [2.45, 2.75) is 25.1 Å². The quantitative estimate of drug-likeness (QED) is 0.689. The fourth-order valence-corrected chi connectivity index (χ4v) is 4.94. The van der Waals surface area contributed by atoms with Crippen LogP contribution in [0.25, 0.3) is 0 Å². The summed E-state index contributed by atoms with van der Waals surface area (Å²) in [7, 11) is 0. The highest BCUT2D eigenvalue weighted by Gasteiger charge is 2.33. The van der Waals surface area contributed by atoms with Crippen LogP contribution in [0.3, 0.4) is 0 Å². The molecule has 0 bridgehead atoms. The van der Waals surface area contributed by atoms with Gasteiger partial charge in [-0.15, -0.1) is 0 Å². The molecule has 27 heavy (non-hydrogen) atoms. The van der Waals surface area contributed by atoms with E-state index in [0.29, 0.717) is 0 Å². The van der Waals surface area contributed by atoms with Gasteiger partial charge in [0.1, 0.15) is 0 Å². The standard InChI is InChI=1S/C22H28IN3O/c23-19-6-4-5-18(15-19)16-24-10-9-22(27)21(17-24)26-13-11-25(12-14-26)20-7-2-1-3-8-20/h1-8,15,21-22,27H,9-14,16-17H2/t21-,22-/m1/s1/i23-2. The number of para-hydroxylation sites is 1. The summed E-state index contributed by atoms with van der Waals surface area (Å²) < 4.78 is 1.29. The average molecular weight is 475 g/mol. The predicted molar refractivity (Wildman–Crippen MR) is 119 cm³/mol. The molecule has 0 spiro atoms. The number of piperazine rings is 1. The minimum absolute atomic E-state index is 0.208. The lowest BCUT2D eigenvalue weighted by Crippen LogP contribution is -2.59. The molecule has 4 rings (SSSR count). The van der Waals surface area contributed by atoms with Crippen molar-refractivity contribution in [1.82, 2.24) is 9.80 Å². The van der Waals surface area contributed by atoms with E-state index >= 15 is 0 Å². The van der Waals surface area contributed by atoms with Crippen molar-refractivity contribution >= 4 is 28.3 Å². The second-order valence-corrected chi connectivity index (χ2v) is 8.89. The number of likely N-dealkylation sites (tertiary alicyclic amines) is 1. The molecule has 2 aromatic rings. The number of anilines is 1. The molecule has 2 fully saturated rings. The summed E-state index contributed by atoms with van der Waals surface area (Å²) in [6, 6.07) is 19.7. The van der Waals surface area contributed by atoms with Crippen LogP contribution in [0.5, 0.6) is 0 Å². The maximum Gasteiger partial charge on any atom is 0.0720 e. The smallest absolute Gasteiger partial charge is 0.0720 e. The molecular weight excluding hydrogens is 447 g/mol. The van der Waals surface area contributed by atoms with Crippen molar-refractivity contribution in [1.29, 1.82) is 0 Å². The number of aliphatic hydroxyl groups is 1. The summed E-state index contributed by atoms with van der Waals surface area (Å²) in [6.07, 6.45) is 0.661. The predicted octanol–water partition coefficient (Wildman–Crippen LogP) is 3.05. The van der Waals surface area contributed by atoms with Gasteiger partial charge in [0.25, 0.3) is 0 Å². The van der Waals surface area contributed by atoms with E-state index < -0.39 is 0 Å². The van der Waals surface area contributed by atoms with Crippen molar-refractivity contribution in [2.24, 2.45) is 0 Å². The second kappa shape index (κ2) is 8.90. The largest absolute Gasteiger partial charge is 0.391 e. The Hall–Kier alpha value is -1.15. The van der Waals surface area contributed by atoms with Gasteiger partial charge in [-0.2, -0.15) is 0 Å². The van der Waals surface area contributed by atoms with E-state index in [4.69, 9.17) is 0 Å². The van der Waals surface area contributed by atoms with Crippen molar-refractivity contribution in [2.75, 3.05) is 44.2 Å². The molecule has 0 unspecified atom stereocenters. The van der Waals surface area contributed by atoms with E-state index in [2.05, 4.69) is 91.9 Å². The van der Waals surface area contributed by atoms with Gasteiger partial charge in [-0.1, -0.05) is 30.3 Å². The van der Waals surface area contributed by atoms with Crippen LogP contribution in [0.15, 0.2) is 54.6 Å². The molecule has 1 N–H and O–H groups in total. The van der Waals surface area contributed by atoms with Crippen LogP contribution in [0.1, 0.15) is 12.0 Å². The van der Waals surface area contributed by atoms with Gasteiger partial charge in [0.2, 0.25) is 0 Å². The van der Waals surface area contributed by atoms with Crippen molar-refractivity contribution < 1.29 is 5.11 Å². The molecule has 0 radical (unpaired) electrons. The van der Waals surface area contributed by atoms with E-state index in [0.717, 1.165) is 52.2 Å². The number of hydrogen-bond donors (Lipinski definition) is 1. The molecule has 5 heteroatoms.